The Morgan fingerprint density at radius 2 is 2.00 bits per heavy atom. The van der Waals surface area contributed by atoms with E-state index in [-0.39, 0.29) is 6.61 Å². The third kappa shape index (κ3) is 3.38. The first kappa shape index (κ1) is 15.4. The molecule has 1 aliphatic rings. The summed E-state index contributed by atoms with van der Waals surface area (Å²) < 4.78 is 0. The number of nitrogens with two attached hydrogens (primary N) is 1. The second kappa shape index (κ2) is 6.68. The number of rotatable bonds is 5. The van der Waals surface area contributed by atoms with E-state index in [4.69, 9.17) is 5.73 Å². The van der Waals surface area contributed by atoms with Gasteiger partial charge in [0.25, 0.3) is 0 Å². The van der Waals surface area contributed by atoms with Crippen molar-refractivity contribution in [3.8, 4) is 0 Å². The number of hydrogen-bond donors (Lipinski definition) is 2. The molecule has 20 heavy (non-hydrogen) atoms. The fourth-order valence-electron chi connectivity index (χ4n) is 3.00. The van der Waals surface area contributed by atoms with E-state index in [0.29, 0.717) is 12.6 Å². The summed E-state index contributed by atoms with van der Waals surface area (Å²) in [4.78, 5) is 4.80. The Morgan fingerprint density at radius 3 is 2.60 bits per heavy atom. The molecule has 4 heteroatoms. The van der Waals surface area contributed by atoms with Gasteiger partial charge in [-0.25, -0.2) is 0 Å². The summed E-state index contributed by atoms with van der Waals surface area (Å²) in [5, 5.41) is 9.78. The molecule has 2 rings (SSSR count). The lowest BCUT2D eigenvalue weighted by Gasteiger charge is -2.42. The normalized spacial score (nSPS) is 24.5. The van der Waals surface area contributed by atoms with E-state index in [2.05, 4.69) is 23.8 Å². The molecule has 0 amide bonds. The molecular formula is C16H27N3O. The molecule has 112 valence electrons. The summed E-state index contributed by atoms with van der Waals surface area (Å²) >= 11 is 0. The van der Waals surface area contributed by atoms with E-state index in [0.717, 1.165) is 31.6 Å². The van der Waals surface area contributed by atoms with Gasteiger partial charge in [0.1, 0.15) is 0 Å². The molecular weight excluding hydrogens is 250 g/mol. The van der Waals surface area contributed by atoms with Crippen molar-refractivity contribution in [2.24, 2.45) is 5.73 Å². The van der Waals surface area contributed by atoms with Crippen LogP contribution in [0.25, 0.3) is 0 Å². The molecule has 2 atom stereocenters. The number of aliphatic hydroxyl groups excluding tert-OH is 1. The molecule has 0 radical (unpaired) electrons. The van der Waals surface area contributed by atoms with Crippen LogP contribution in [0.1, 0.15) is 18.9 Å². The number of likely N-dealkylation sites (N-methyl/N-ethyl adjacent to an activating group) is 1. The summed E-state index contributed by atoms with van der Waals surface area (Å²) in [5.41, 5.74) is 6.80. The van der Waals surface area contributed by atoms with Gasteiger partial charge in [0.15, 0.2) is 0 Å². The fraction of sp³-hybridized carbons (Fsp3) is 0.625. The van der Waals surface area contributed by atoms with Crippen LogP contribution in [-0.4, -0.2) is 60.8 Å². The van der Waals surface area contributed by atoms with Crippen molar-refractivity contribution in [1.29, 1.82) is 0 Å². The van der Waals surface area contributed by atoms with Crippen LogP contribution in [0.3, 0.4) is 0 Å². The lowest BCUT2D eigenvalue weighted by atomic mass is 9.90. The molecule has 0 spiro atoms. The fourth-order valence-corrected chi connectivity index (χ4v) is 3.00. The Morgan fingerprint density at radius 1 is 1.30 bits per heavy atom. The maximum Gasteiger partial charge on any atom is 0.0772 e. The zero-order chi connectivity index (χ0) is 14.6. The first-order chi connectivity index (χ1) is 9.59. The van der Waals surface area contributed by atoms with Gasteiger partial charge in [-0.05, 0) is 19.0 Å². The van der Waals surface area contributed by atoms with Crippen LogP contribution in [0.2, 0.25) is 0 Å². The van der Waals surface area contributed by atoms with Gasteiger partial charge in [0.05, 0.1) is 12.1 Å². The van der Waals surface area contributed by atoms with Crippen LogP contribution in [0.5, 0.6) is 0 Å². The van der Waals surface area contributed by atoms with Crippen LogP contribution in [0.4, 0.5) is 0 Å². The van der Waals surface area contributed by atoms with E-state index < -0.39 is 5.54 Å². The van der Waals surface area contributed by atoms with Gasteiger partial charge in [0, 0.05) is 32.2 Å². The van der Waals surface area contributed by atoms with Crippen molar-refractivity contribution in [2.75, 3.05) is 39.8 Å². The molecule has 1 fully saturated rings. The average Bonchev–Trinajstić information content (AvgIpc) is 2.50. The van der Waals surface area contributed by atoms with Gasteiger partial charge in [-0.3, -0.25) is 4.90 Å². The van der Waals surface area contributed by atoms with Crippen LogP contribution in [-0.2, 0) is 5.54 Å². The van der Waals surface area contributed by atoms with Crippen molar-refractivity contribution in [2.45, 2.75) is 24.9 Å². The van der Waals surface area contributed by atoms with Gasteiger partial charge in [-0.15, -0.1) is 0 Å². The van der Waals surface area contributed by atoms with Crippen LogP contribution in [0.15, 0.2) is 30.3 Å². The van der Waals surface area contributed by atoms with Crippen LogP contribution in [0, 0.1) is 0 Å². The SMILES string of the molecule is CCC1CN(CC(N)(CO)c2ccccc2)CCN1C. The predicted molar refractivity (Wildman–Crippen MR) is 82.5 cm³/mol. The molecule has 0 aliphatic carbocycles. The summed E-state index contributed by atoms with van der Waals surface area (Å²) in [6, 6.07) is 10.5. The van der Waals surface area contributed by atoms with Crippen LogP contribution >= 0.6 is 0 Å². The highest BCUT2D eigenvalue weighted by atomic mass is 16.3. The largest absolute Gasteiger partial charge is 0.394 e. The molecule has 0 bridgehead atoms. The van der Waals surface area contributed by atoms with Gasteiger partial charge < -0.3 is 15.7 Å². The number of piperazine rings is 1. The van der Waals surface area contributed by atoms with Crippen LogP contribution < -0.4 is 5.73 Å². The third-order valence-electron chi connectivity index (χ3n) is 4.47. The summed E-state index contributed by atoms with van der Waals surface area (Å²) in [7, 11) is 2.18. The zero-order valence-electron chi connectivity index (χ0n) is 12.6. The predicted octanol–water partition coefficient (Wildman–Crippen LogP) is 0.859. The number of aliphatic hydroxyl groups is 1. The standard InChI is InChI=1S/C16H27N3O/c1-3-15-11-19(10-9-18(15)2)12-16(17,13-20)14-7-5-4-6-8-14/h4-8,15,20H,3,9-13,17H2,1-2H3. The number of nitrogens with zero attached hydrogens (tertiary/aromatic N) is 2. The zero-order valence-corrected chi connectivity index (χ0v) is 12.6. The highest BCUT2D eigenvalue weighted by Crippen LogP contribution is 2.21. The van der Waals surface area contributed by atoms with Crippen molar-refractivity contribution in [1.82, 2.24) is 9.80 Å². The minimum atomic E-state index is -0.671. The molecule has 2 unspecified atom stereocenters. The lowest BCUT2D eigenvalue weighted by molar-refractivity contribution is 0.0607. The molecule has 1 heterocycles. The minimum absolute atomic E-state index is 0.0276. The molecule has 4 nitrogen and oxygen atoms in total. The lowest BCUT2D eigenvalue weighted by Crippen LogP contribution is -2.57. The molecule has 1 aromatic carbocycles. The van der Waals surface area contributed by atoms with Crippen molar-refractivity contribution >= 4 is 0 Å². The Hall–Kier alpha value is -0.940. The molecule has 1 saturated heterocycles. The van der Waals surface area contributed by atoms with Crippen molar-refractivity contribution in [3.05, 3.63) is 35.9 Å². The van der Waals surface area contributed by atoms with Crippen molar-refractivity contribution in [3.63, 3.8) is 0 Å². The maximum absolute atomic E-state index is 9.78. The third-order valence-corrected chi connectivity index (χ3v) is 4.47. The topological polar surface area (TPSA) is 52.7 Å². The Balaban J connectivity index is 2.07. The molecule has 1 aromatic rings. The first-order valence-electron chi connectivity index (χ1n) is 7.47. The second-order valence-electron chi connectivity index (χ2n) is 5.96. The maximum atomic E-state index is 9.78. The Labute approximate surface area is 122 Å². The van der Waals surface area contributed by atoms with E-state index >= 15 is 0 Å². The average molecular weight is 277 g/mol. The van der Waals surface area contributed by atoms with E-state index in [1.165, 1.54) is 0 Å². The van der Waals surface area contributed by atoms with Gasteiger partial charge in [-0.2, -0.15) is 0 Å². The van der Waals surface area contributed by atoms with E-state index in [1.54, 1.807) is 0 Å². The molecule has 3 N–H and O–H groups in total. The quantitative estimate of drug-likeness (QED) is 0.838. The van der Waals surface area contributed by atoms with Gasteiger partial charge >= 0.3 is 0 Å². The summed E-state index contributed by atoms with van der Waals surface area (Å²) in [5.74, 6) is 0. The molecule has 0 saturated carbocycles. The Bertz CT molecular complexity index is 411. The summed E-state index contributed by atoms with van der Waals surface area (Å²) in [6.45, 7) is 6.01. The molecule has 1 aliphatic heterocycles. The highest BCUT2D eigenvalue weighted by molar-refractivity contribution is 5.24. The summed E-state index contributed by atoms with van der Waals surface area (Å²) in [6.07, 6.45) is 1.15. The molecule has 0 aromatic heterocycles. The van der Waals surface area contributed by atoms with Crippen molar-refractivity contribution < 1.29 is 5.11 Å². The van der Waals surface area contributed by atoms with Gasteiger partial charge in [-0.1, -0.05) is 37.3 Å². The monoisotopic (exact) mass is 277 g/mol. The highest BCUT2D eigenvalue weighted by Gasteiger charge is 2.32. The van der Waals surface area contributed by atoms with E-state index in [1.807, 2.05) is 30.3 Å². The number of benzene rings is 1. The Kier molecular flexibility index (Phi) is 5.16. The minimum Gasteiger partial charge on any atom is -0.394 e. The second-order valence-corrected chi connectivity index (χ2v) is 5.96. The number of hydrogen-bond acceptors (Lipinski definition) is 4. The smallest absolute Gasteiger partial charge is 0.0772 e. The first-order valence-corrected chi connectivity index (χ1v) is 7.47. The van der Waals surface area contributed by atoms with Gasteiger partial charge in [0.2, 0.25) is 0 Å². The van der Waals surface area contributed by atoms with E-state index in [9.17, 15) is 5.11 Å².